The minimum absolute atomic E-state index is 0.0493. The molecule has 1 aliphatic rings. The summed E-state index contributed by atoms with van der Waals surface area (Å²) in [6, 6.07) is 4.62. The van der Waals surface area contributed by atoms with Crippen LogP contribution in [0.15, 0.2) is 30.4 Å². The lowest BCUT2D eigenvalue weighted by molar-refractivity contribution is 0.191. The van der Waals surface area contributed by atoms with Gasteiger partial charge in [-0.3, -0.25) is 0 Å². The minimum Gasteiger partial charge on any atom is -0.490 e. The molecule has 0 atom stereocenters. The van der Waals surface area contributed by atoms with Crippen molar-refractivity contribution in [1.29, 1.82) is 0 Å². The van der Waals surface area contributed by atoms with E-state index >= 15 is 0 Å². The van der Waals surface area contributed by atoms with Crippen LogP contribution in [0.1, 0.15) is 52.5 Å². The lowest BCUT2D eigenvalue weighted by Crippen LogP contribution is -2.36. The maximum Gasteiger partial charge on any atom is 0.212 e. The molecule has 1 N–H and O–H groups in total. The number of hydrogen-bond acceptors (Lipinski definition) is 3. The lowest BCUT2D eigenvalue weighted by Gasteiger charge is -2.21. The lowest BCUT2D eigenvalue weighted by atomic mass is 9.98. The Morgan fingerprint density at radius 1 is 1.32 bits per heavy atom. The molecular weight excluding hydrogens is 341 g/mol. The van der Waals surface area contributed by atoms with Gasteiger partial charge in [-0.05, 0) is 49.3 Å². The molecule has 0 unspecified atom stereocenters. The largest absolute Gasteiger partial charge is 0.490 e. The van der Waals surface area contributed by atoms with E-state index in [1.165, 1.54) is 6.07 Å². The van der Waals surface area contributed by atoms with Crippen molar-refractivity contribution in [2.75, 3.05) is 12.4 Å². The predicted molar refractivity (Wildman–Crippen MR) is 98.6 cm³/mol. The summed E-state index contributed by atoms with van der Waals surface area (Å²) in [7, 11) is -3.39. The van der Waals surface area contributed by atoms with Crippen molar-refractivity contribution in [3.8, 4) is 5.75 Å². The van der Waals surface area contributed by atoms with Gasteiger partial charge in [-0.15, -0.1) is 0 Å². The van der Waals surface area contributed by atoms with E-state index in [-0.39, 0.29) is 16.9 Å². The maximum atomic E-state index is 14.0. The average Bonchev–Trinajstić information content (AvgIpc) is 3.25. The first-order valence-electron chi connectivity index (χ1n) is 8.63. The van der Waals surface area contributed by atoms with Gasteiger partial charge < -0.3 is 4.74 Å². The molecule has 1 saturated carbocycles. The normalized spacial score (nSPS) is 17.0. The second kappa shape index (κ2) is 7.46. The van der Waals surface area contributed by atoms with Gasteiger partial charge in [0, 0.05) is 0 Å². The average molecular weight is 370 g/mol. The Labute approximate surface area is 150 Å². The van der Waals surface area contributed by atoms with Crippen molar-refractivity contribution in [3.05, 3.63) is 41.7 Å². The summed E-state index contributed by atoms with van der Waals surface area (Å²) >= 11 is 0. The van der Waals surface area contributed by atoms with Crippen LogP contribution in [0.25, 0.3) is 0 Å². The highest BCUT2D eigenvalue weighted by atomic mass is 32.2. The Hall–Kier alpha value is -1.40. The molecule has 1 aromatic carbocycles. The SMILES string of the molecule is C/C=C/CCS(=O)(=O)NC1(c2ccc(F)c(OCC(C)(C)C)c2)CC1. The van der Waals surface area contributed by atoms with Gasteiger partial charge in [0.05, 0.1) is 17.9 Å². The fourth-order valence-electron chi connectivity index (χ4n) is 2.52. The van der Waals surface area contributed by atoms with Crippen molar-refractivity contribution in [1.82, 2.24) is 4.72 Å². The van der Waals surface area contributed by atoms with E-state index in [1.54, 1.807) is 12.1 Å². The predicted octanol–water partition coefficient (Wildman–Crippen LogP) is 4.13. The summed E-state index contributed by atoms with van der Waals surface area (Å²) in [5.74, 6) is -0.209. The van der Waals surface area contributed by atoms with Crippen LogP contribution in [0.5, 0.6) is 5.75 Å². The fraction of sp³-hybridized carbons (Fsp3) is 0.579. The van der Waals surface area contributed by atoms with Crippen LogP contribution in [0.4, 0.5) is 4.39 Å². The maximum absolute atomic E-state index is 14.0. The molecular formula is C19H28FNO3S. The Balaban J connectivity index is 2.14. The number of ether oxygens (including phenoxy) is 1. The van der Waals surface area contributed by atoms with Gasteiger partial charge in [0.1, 0.15) is 0 Å². The first kappa shape index (κ1) is 19.9. The molecule has 1 aromatic rings. The van der Waals surface area contributed by atoms with Crippen LogP contribution < -0.4 is 9.46 Å². The molecule has 0 heterocycles. The Morgan fingerprint density at radius 3 is 2.56 bits per heavy atom. The number of rotatable bonds is 8. The molecule has 6 heteroatoms. The summed E-state index contributed by atoms with van der Waals surface area (Å²) in [6.45, 7) is 8.28. The summed E-state index contributed by atoms with van der Waals surface area (Å²) in [6.07, 6.45) is 5.56. The van der Waals surface area contributed by atoms with Crippen LogP contribution in [0, 0.1) is 11.2 Å². The molecule has 4 nitrogen and oxygen atoms in total. The molecule has 0 radical (unpaired) electrons. The molecule has 0 aromatic heterocycles. The number of halogens is 1. The van der Waals surface area contributed by atoms with Crippen molar-refractivity contribution < 1.29 is 17.5 Å². The quantitative estimate of drug-likeness (QED) is 0.701. The van der Waals surface area contributed by atoms with Crippen molar-refractivity contribution >= 4 is 10.0 Å². The number of sulfonamides is 1. The summed E-state index contributed by atoms with van der Waals surface area (Å²) in [4.78, 5) is 0. The standard InChI is InChI=1S/C19H28FNO3S/c1-5-6-7-12-25(22,23)21-19(10-11-19)15-8-9-16(20)17(13-15)24-14-18(2,3)4/h5-6,8-9,13,21H,7,10-12,14H2,1-4H3/b6-5+. The molecule has 25 heavy (non-hydrogen) atoms. The fourth-order valence-corrected chi connectivity index (χ4v) is 3.98. The second-order valence-electron chi connectivity index (χ2n) is 7.86. The summed E-state index contributed by atoms with van der Waals surface area (Å²) in [5, 5.41) is 0. The topological polar surface area (TPSA) is 55.4 Å². The Kier molecular flexibility index (Phi) is 5.94. The molecule has 0 bridgehead atoms. The monoisotopic (exact) mass is 369 g/mol. The van der Waals surface area contributed by atoms with E-state index in [0.717, 1.165) is 5.56 Å². The molecule has 0 aliphatic heterocycles. The van der Waals surface area contributed by atoms with Crippen LogP contribution in [-0.2, 0) is 15.6 Å². The Bertz CT molecular complexity index is 732. The van der Waals surface area contributed by atoms with Crippen LogP contribution in [-0.4, -0.2) is 20.8 Å². The molecule has 0 amide bonds. The van der Waals surface area contributed by atoms with Crippen LogP contribution in [0.2, 0.25) is 0 Å². The van der Waals surface area contributed by atoms with Crippen LogP contribution >= 0.6 is 0 Å². The van der Waals surface area contributed by atoms with E-state index in [9.17, 15) is 12.8 Å². The summed E-state index contributed by atoms with van der Waals surface area (Å²) < 4.78 is 47.0. The second-order valence-corrected chi connectivity index (χ2v) is 9.70. The zero-order valence-corrected chi connectivity index (χ0v) is 16.2. The van der Waals surface area contributed by atoms with Gasteiger partial charge in [0.25, 0.3) is 0 Å². The minimum atomic E-state index is -3.39. The third-order valence-corrected chi connectivity index (χ3v) is 5.51. The zero-order valence-electron chi connectivity index (χ0n) is 15.4. The van der Waals surface area contributed by atoms with Crippen molar-refractivity contribution in [3.63, 3.8) is 0 Å². The van der Waals surface area contributed by atoms with E-state index in [0.29, 0.717) is 25.9 Å². The van der Waals surface area contributed by atoms with Gasteiger partial charge >= 0.3 is 0 Å². The molecule has 0 spiro atoms. The van der Waals surface area contributed by atoms with E-state index < -0.39 is 21.4 Å². The van der Waals surface area contributed by atoms with Gasteiger partial charge in [-0.25, -0.2) is 17.5 Å². The smallest absolute Gasteiger partial charge is 0.212 e. The molecule has 2 rings (SSSR count). The highest BCUT2D eigenvalue weighted by Crippen LogP contribution is 2.47. The molecule has 1 fully saturated rings. The number of hydrogen-bond donors (Lipinski definition) is 1. The molecule has 1 aliphatic carbocycles. The summed E-state index contributed by atoms with van der Waals surface area (Å²) in [5.41, 5.74) is 0.0450. The van der Waals surface area contributed by atoms with Gasteiger partial charge in [-0.2, -0.15) is 0 Å². The number of allylic oxidation sites excluding steroid dienone is 2. The number of nitrogens with one attached hydrogen (secondary N) is 1. The number of benzene rings is 1. The third-order valence-electron chi connectivity index (χ3n) is 4.03. The first-order chi connectivity index (χ1) is 11.6. The highest BCUT2D eigenvalue weighted by molar-refractivity contribution is 7.89. The first-order valence-corrected chi connectivity index (χ1v) is 10.3. The highest BCUT2D eigenvalue weighted by Gasteiger charge is 2.47. The zero-order chi connectivity index (χ0) is 18.7. The van der Waals surface area contributed by atoms with Crippen molar-refractivity contribution in [2.45, 2.75) is 52.5 Å². The van der Waals surface area contributed by atoms with E-state index in [2.05, 4.69) is 4.72 Å². The van der Waals surface area contributed by atoms with Crippen molar-refractivity contribution in [2.24, 2.45) is 5.41 Å². The third kappa shape index (κ3) is 5.82. The van der Waals surface area contributed by atoms with Gasteiger partial charge in [-0.1, -0.05) is 39.0 Å². The molecule has 0 saturated heterocycles. The van der Waals surface area contributed by atoms with Gasteiger partial charge in [0.15, 0.2) is 11.6 Å². The van der Waals surface area contributed by atoms with Gasteiger partial charge in [0.2, 0.25) is 10.0 Å². The van der Waals surface area contributed by atoms with Crippen LogP contribution in [0.3, 0.4) is 0 Å². The molecule has 140 valence electrons. The van der Waals surface area contributed by atoms with E-state index in [4.69, 9.17) is 4.74 Å². The van der Waals surface area contributed by atoms with E-state index in [1.807, 2.05) is 39.8 Å². The Morgan fingerprint density at radius 2 is 2.00 bits per heavy atom.